The van der Waals surface area contributed by atoms with Gasteiger partial charge in [0, 0.05) is 20.6 Å². The SMILES string of the molecule is CN(C)S(=O)(=O)C1(CN)CCCCC1. The topological polar surface area (TPSA) is 63.4 Å². The average Bonchev–Trinajstić information content (AvgIpc) is 2.18. The van der Waals surface area contributed by atoms with Crippen LogP contribution in [0.25, 0.3) is 0 Å². The minimum atomic E-state index is -3.20. The molecular formula is C9H20N2O2S. The second-order valence-electron chi connectivity index (χ2n) is 4.24. The van der Waals surface area contributed by atoms with Crippen molar-refractivity contribution in [2.45, 2.75) is 36.9 Å². The lowest BCUT2D eigenvalue weighted by atomic mass is 9.88. The van der Waals surface area contributed by atoms with Gasteiger partial charge in [0.15, 0.2) is 0 Å². The van der Waals surface area contributed by atoms with E-state index in [1.165, 1.54) is 4.31 Å². The molecule has 0 bridgehead atoms. The van der Waals surface area contributed by atoms with Crippen LogP contribution < -0.4 is 5.73 Å². The zero-order valence-corrected chi connectivity index (χ0v) is 9.81. The molecule has 0 aromatic rings. The molecule has 0 amide bonds. The maximum atomic E-state index is 12.1. The molecule has 0 atom stereocenters. The van der Waals surface area contributed by atoms with Crippen LogP contribution in [0, 0.1) is 0 Å². The van der Waals surface area contributed by atoms with Crippen molar-refractivity contribution in [3.8, 4) is 0 Å². The van der Waals surface area contributed by atoms with E-state index >= 15 is 0 Å². The molecule has 5 heteroatoms. The van der Waals surface area contributed by atoms with Gasteiger partial charge in [-0.15, -0.1) is 0 Å². The van der Waals surface area contributed by atoms with Crippen LogP contribution in [-0.2, 0) is 10.0 Å². The zero-order chi connectivity index (χ0) is 10.8. The van der Waals surface area contributed by atoms with Gasteiger partial charge in [-0.25, -0.2) is 12.7 Å². The molecule has 14 heavy (non-hydrogen) atoms. The van der Waals surface area contributed by atoms with Gasteiger partial charge in [0.05, 0.1) is 4.75 Å². The second-order valence-corrected chi connectivity index (χ2v) is 6.78. The van der Waals surface area contributed by atoms with E-state index in [0.29, 0.717) is 12.8 Å². The molecule has 4 nitrogen and oxygen atoms in total. The van der Waals surface area contributed by atoms with Crippen molar-refractivity contribution in [3.05, 3.63) is 0 Å². The summed E-state index contributed by atoms with van der Waals surface area (Å²) in [7, 11) is -0.0340. The highest BCUT2D eigenvalue weighted by atomic mass is 32.2. The highest BCUT2D eigenvalue weighted by Crippen LogP contribution is 2.35. The van der Waals surface area contributed by atoms with Crippen molar-refractivity contribution in [2.75, 3.05) is 20.6 Å². The summed E-state index contributed by atoms with van der Waals surface area (Å²) in [6.07, 6.45) is 4.51. The van der Waals surface area contributed by atoms with Gasteiger partial charge < -0.3 is 5.73 Å². The molecule has 0 aromatic carbocycles. The Kier molecular flexibility index (Phi) is 3.55. The summed E-state index contributed by atoms with van der Waals surface area (Å²) in [5, 5.41) is 0. The van der Waals surface area contributed by atoms with E-state index in [1.54, 1.807) is 14.1 Å². The summed E-state index contributed by atoms with van der Waals surface area (Å²) in [4.78, 5) is 0. The number of nitrogens with zero attached hydrogens (tertiary/aromatic N) is 1. The van der Waals surface area contributed by atoms with Gasteiger partial charge >= 0.3 is 0 Å². The summed E-state index contributed by atoms with van der Waals surface area (Å²) >= 11 is 0. The fourth-order valence-electron chi connectivity index (χ4n) is 2.15. The quantitative estimate of drug-likeness (QED) is 0.755. The number of nitrogens with two attached hydrogens (primary N) is 1. The molecule has 0 unspecified atom stereocenters. The van der Waals surface area contributed by atoms with Crippen molar-refractivity contribution in [1.82, 2.24) is 4.31 Å². The van der Waals surface area contributed by atoms with Gasteiger partial charge in [0.1, 0.15) is 0 Å². The zero-order valence-electron chi connectivity index (χ0n) is 8.99. The number of hydrogen-bond donors (Lipinski definition) is 1. The van der Waals surface area contributed by atoms with Gasteiger partial charge in [-0.2, -0.15) is 0 Å². The van der Waals surface area contributed by atoms with Crippen LogP contribution in [0.2, 0.25) is 0 Å². The van der Waals surface area contributed by atoms with E-state index in [2.05, 4.69) is 0 Å². The van der Waals surface area contributed by atoms with Crippen molar-refractivity contribution in [2.24, 2.45) is 5.73 Å². The van der Waals surface area contributed by atoms with Crippen molar-refractivity contribution >= 4 is 10.0 Å². The Morgan fingerprint density at radius 3 is 2.07 bits per heavy atom. The highest BCUT2D eigenvalue weighted by molar-refractivity contribution is 7.90. The Bertz CT molecular complexity index is 279. The summed E-state index contributed by atoms with van der Waals surface area (Å²) in [5.41, 5.74) is 5.66. The molecule has 1 aliphatic rings. The minimum Gasteiger partial charge on any atom is -0.329 e. The molecule has 2 N–H and O–H groups in total. The Morgan fingerprint density at radius 1 is 1.21 bits per heavy atom. The van der Waals surface area contributed by atoms with Crippen LogP contribution in [0.15, 0.2) is 0 Å². The second kappa shape index (κ2) is 4.16. The van der Waals surface area contributed by atoms with Crippen molar-refractivity contribution < 1.29 is 8.42 Å². The molecule has 84 valence electrons. The summed E-state index contributed by atoms with van der Waals surface area (Å²) in [5.74, 6) is 0. The Hall–Kier alpha value is -0.130. The summed E-state index contributed by atoms with van der Waals surface area (Å²) in [6, 6.07) is 0. The fourth-order valence-corrected chi connectivity index (χ4v) is 3.94. The molecule has 1 rings (SSSR count). The third-order valence-electron chi connectivity index (χ3n) is 3.16. The van der Waals surface area contributed by atoms with Crippen LogP contribution in [0.3, 0.4) is 0 Å². The first-order chi connectivity index (χ1) is 6.46. The van der Waals surface area contributed by atoms with E-state index < -0.39 is 14.8 Å². The third-order valence-corrected chi connectivity index (χ3v) is 5.80. The molecule has 0 heterocycles. The maximum Gasteiger partial charge on any atom is 0.220 e. The predicted molar refractivity (Wildman–Crippen MR) is 57.5 cm³/mol. The highest BCUT2D eigenvalue weighted by Gasteiger charge is 2.44. The number of sulfonamides is 1. The van der Waals surface area contributed by atoms with Crippen LogP contribution >= 0.6 is 0 Å². The smallest absolute Gasteiger partial charge is 0.220 e. The largest absolute Gasteiger partial charge is 0.329 e. The van der Waals surface area contributed by atoms with Gasteiger partial charge in [0.25, 0.3) is 0 Å². The lowest BCUT2D eigenvalue weighted by molar-refractivity contribution is 0.359. The van der Waals surface area contributed by atoms with E-state index in [9.17, 15) is 8.42 Å². The lowest BCUT2D eigenvalue weighted by Crippen LogP contribution is -2.51. The standard InChI is InChI=1S/C9H20N2O2S/c1-11(2)14(12,13)9(8-10)6-4-3-5-7-9/h3-8,10H2,1-2H3. The molecular weight excluding hydrogens is 200 g/mol. The monoisotopic (exact) mass is 220 g/mol. The first kappa shape index (κ1) is 11.9. The Labute approximate surface area is 86.5 Å². The van der Waals surface area contributed by atoms with E-state index in [1.807, 2.05) is 0 Å². The van der Waals surface area contributed by atoms with Gasteiger partial charge in [-0.1, -0.05) is 19.3 Å². The van der Waals surface area contributed by atoms with Crippen molar-refractivity contribution in [3.63, 3.8) is 0 Å². The van der Waals surface area contributed by atoms with Gasteiger partial charge in [-0.05, 0) is 12.8 Å². The van der Waals surface area contributed by atoms with Crippen LogP contribution in [0.4, 0.5) is 0 Å². The Morgan fingerprint density at radius 2 is 1.71 bits per heavy atom. The van der Waals surface area contributed by atoms with Gasteiger partial charge in [0.2, 0.25) is 10.0 Å². The normalized spacial score (nSPS) is 22.6. The molecule has 0 aromatic heterocycles. The maximum absolute atomic E-state index is 12.1. The van der Waals surface area contributed by atoms with Gasteiger partial charge in [-0.3, -0.25) is 0 Å². The number of rotatable bonds is 3. The molecule has 1 fully saturated rings. The van der Waals surface area contributed by atoms with Crippen LogP contribution in [0.1, 0.15) is 32.1 Å². The first-order valence-corrected chi connectivity index (χ1v) is 6.52. The number of hydrogen-bond acceptors (Lipinski definition) is 3. The lowest BCUT2D eigenvalue weighted by Gasteiger charge is -2.37. The van der Waals surface area contributed by atoms with E-state index in [-0.39, 0.29) is 6.54 Å². The van der Waals surface area contributed by atoms with Crippen LogP contribution in [0.5, 0.6) is 0 Å². The Balaban J connectivity index is 2.99. The summed E-state index contributed by atoms with van der Waals surface area (Å²) < 4.78 is 24.8. The van der Waals surface area contributed by atoms with E-state index in [0.717, 1.165) is 19.3 Å². The third kappa shape index (κ3) is 1.81. The van der Waals surface area contributed by atoms with Crippen molar-refractivity contribution in [1.29, 1.82) is 0 Å². The molecule has 0 aliphatic heterocycles. The molecule has 1 aliphatic carbocycles. The molecule has 0 spiro atoms. The first-order valence-electron chi connectivity index (χ1n) is 5.08. The molecule has 1 saturated carbocycles. The summed E-state index contributed by atoms with van der Waals surface area (Å²) in [6.45, 7) is 0.244. The van der Waals surface area contributed by atoms with Crippen LogP contribution in [-0.4, -0.2) is 38.1 Å². The van der Waals surface area contributed by atoms with E-state index in [4.69, 9.17) is 5.73 Å². The molecule has 0 saturated heterocycles. The predicted octanol–water partition coefficient (Wildman–Crippen LogP) is 0.539. The molecule has 0 radical (unpaired) electrons. The average molecular weight is 220 g/mol. The fraction of sp³-hybridized carbons (Fsp3) is 1.00. The minimum absolute atomic E-state index is 0.244.